The number of ether oxygens (including phenoxy) is 1. The van der Waals surface area contributed by atoms with Crippen molar-refractivity contribution in [1.29, 1.82) is 0 Å². The summed E-state index contributed by atoms with van der Waals surface area (Å²) >= 11 is 0. The summed E-state index contributed by atoms with van der Waals surface area (Å²) in [5.74, 6) is 3.44. The number of aromatic nitrogens is 6. The Morgan fingerprint density at radius 1 is 0.865 bits per heavy atom. The Balaban J connectivity index is 1.11. The van der Waals surface area contributed by atoms with Crippen LogP contribution >= 0.6 is 0 Å². The van der Waals surface area contributed by atoms with Crippen molar-refractivity contribution in [3.63, 3.8) is 0 Å². The SMILES string of the molecule is COc1ccccc1-c1noc(CCc2nnc3ccc(N4CCN(Cc5ccccc5)CC4)nn23)n1. The first kappa shape index (κ1) is 23.1. The second-order valence-corrected chi connectivity index (χ2v) is 9.04. The van der Waals surface area contributed by atoms with Gasteiger partial charge in [-0.05, 0) is 29.8 Å². The average Bonchev–Trinajstić information content (AvgIpc) is 3.59. The Morgan fingerprint density at radius 2 is 1.68 bits per heavy atom. The molecule has 0 N–H and O–H groups in total. The Morgan fingerprint density at radius 3 is 2.51 bits per heavy atom. The summed E-state index contributed by atoms with van der Waals surface area (Å²) in [6.45, 7) is 4.82. The zero-order chi connectivity index (χ0) is 25.0. The largest absolute Gasteiger partial charge is 0.496 e. The lowest BCUT2D eigenvalue weighted by atomic mass is 10.2. The van der Waals surface area contributed by atoms with Gasteiger partial charge in [0.25, 0.3) is 0 Å². The number of methoxy groups -OCH3 is 1. The molecule has 1 aliphatic rings. The molecule has 4 heterocycles. The molecular weight excluding hydrogens is 468 g/mol. The minimum atomic E-state index is 0.505. The third kappa shape index (κ3) is 5.01. The van der Waals surface area contributed by atoms with Gasteiger partial charge in [0, 0.05) is 45.6 Å². The van der Waals surface area contributed by atoms with Crippen LogP contribution in [0, 0.1) is 0 Å². The molecule has 0 aliphatic carbocycles. The number of para-hydroxylation sites is 1. The molecule has 0 unspecified atom stereocenters. The molecule has 2 aromatic carbocycles. The van der Waals surface area contributed by atoms with Gasteiger partial charge in [0.2, 0.25) is 11.7 Å². The first-order valence-electron chi connectivity index (χ1n) is 12.5. The van der Waals surface area contributed by atoms with Crippen molar-refractivity contribution in [1.82, 2.24) is 34.9 Å². The van der Waals surface area contributed by atoms with E-state index >= 15 is 0 Å². The van der Waals surface area contributed by atoms with Gasteiger partial charge in [-0.1, -0.05) is 47.6 Å². The maximum absolute atomic E-state index is 5.49. The molecule has 6 rings (SSSR count). The predicted molar refractivity (Wildman–Crippen MR) is 138 cm³/mol. The maximum atomic E-state index is 5.49. The molecule has 5 aromatic rings. The van der Waals surface area contributed by atoms with Crippen LogP contribution in [0.2, 0.25) is 0 Å². The lowest BCUT2D eigenvalue weighted by molar-refractivity contribution is 0.249. The highest BCUT2D eigenvalue weighted by atomic mass is 16.5. The molecule has 0 atom stereocenters. The van der Waals surface area contributed by atoms with Crippen LogP contribution in [-0.4, -0.2) is 68.1 Å². The van der Waals surface area contributed by atoms with Crippen molar-refractivity contribution in [2.45, 2.75) is 19.4 Å². The Bertz CT molecular complexity index is 1470. The molecule has 0 bridgehead atoms. The van der Waals surface area contributed by atoms with Crippen LogP contribution in [0.4, 0.5) is 5.82 Å². The molecule has 0 spiro atoms. The van der Waals surface area contributed by atoms with E-state index in [1.165, 1.54) is 5.56 Å². The van der Waals surface area contributed by atoms with Crippen LogP contribution in [0.15, 0.2) is 71.3 Å². The topological polar surface area (TPSA) is 97.7 Å². The number of piperazine rings is 1. The van der Waals surface area contributed by atoms with Crippen molar-refractivity contribution in [2.24, 2.45) is 0 Å². The summed E-state index contributed by atoms with van der Waals surface area (Å²) < 4.78 is 12.7. The third-order valence-corrected chi connectivity index (χ3v) is 6.64. The van der Waals surface area contributed by atoms with Crippen molar-refractivity contribution in [2.75, 3.05) is 38.2 Å². The second kappa shape index (κ2) is 10.4. The summed E-state index contributed by atoms with van der Waals surface area (Å²) in [6, 6.07) is 22.2. The first-order chi connectivity index (χ1) is 18.3. The molecule has 10 heteroatoms. The zero-order valence-electron chi connectivity index (χ0n) is 20.7. The number of hydrogen-bond acceptors (Lipinski definition) is 9. The summed E-state index contributed by atoms with van der Waals surface area (Å²) in [6.07, 6.45) is 1.11. The Labute approximate surface area is 214 Å². The molecule has 1 aliphatic heterocycles. The van der Waals surface area contributed by atoms with Crippen LogP contribution in [0.1, 0.15) is 17.3 Å². The standard InChI is InChI=1S/C27H28N8O2/c1-36-22-10-6-5-9-21(22)27-28-26(37-32-27)14-13-24-30-29-23-11-12-25(31-35(23)24)34-17-15-33(16-18-34)19-20-7-3-2-4-8-20/h2-12H,13-19H2,1H3. The van der Waals surface area contributed by atoms with Crippen LogP contribution in [0.25, 0.3) is 17.0 Å². The number of nitrogens with zero attached hydrogens (tertiary/aromatic N) is 8. The number of aryl methyl sites for hydroxylation is 2. The molecular formula is C27H28N8O2. The van der Waals surface area contributed by atoms with E-state index in [-0.39, 0.29) is 0 Å². The summed E-state index contributed by atoms with van der Waals surface area (Å²) in [4.78, 5) is 9.35. The van der Waals surface area contributed by atoms with Crippen LogP contribution in [0.5, 0.6) is 5.75 Å². The molecule has 1 saturated heterocycles. The van der Waals surface area contributed by atoms with Crippen molar-refractivity contribution in [3.05, 3.63) is 84.0 Å². The lowest BCUT2D eigenvalue weighted by Gasteiger charge is -2.35. The average molecular weight is 497 g/mol. The molecule has 10 nitrogen and oxygen atoms in total. The smallest absolute Gasteiger partial charge is 0.227 e. The first-order valence-corrected chi connectivity index (χ1v) is 12.5. The van der Waals surface area contributed by atoms with Crippen LogP contribution < -0.4 is 9.64 Å². The van der Waals surface area contributed by atoms with E-state index in [9.17, 15) is 0 Å². The fourth-order valence-electron chi connectivity index (χ4n) is 4.64. The highest BCUT2D eigenvalue weighted by Crippen LogP contribution is 2.27. The van der Waals surface area contributed by atoms with Gasteiger partial charge in [-0.2, -0.15) is 9.50 Å². The van der Waals surface area contributed by atoms with E-state index in [2.05, 4.69) is 60.5 Å². The molecule has 0 amide bonds. The summed E-state index contributed by atoms with van der Waals surface area (Å²) in [5, 5.41) is 17.7. The minimum absolute atomic E-state index is 0.505. The highest BCUT2D eigenvalue weighted by molar-refractivity contribution is 5.63. The van der Waals surface area contributed by atoms with Crippen molar-refractivity contribution in [3.8, 4) is 17.1 Å². The van der Waals surface area contributed by atoms with Gasteiger partial charge in [-0.25, -0.2) is 0 Å². The van der Waals surface area contributed by atoms with E-state index < -0.39 is 0 Å². The van der Waals surface area contributed by atoms with Gasteiger partial charge in [0.05, 0.1) is 12.7 Å². The van der Waals surface area contributed by atoms with Gasteiger partial charge < -0.3 is 14.2 Å². The number of fused-ring (bicyclic) bond motifs is 1. The normalized spacial score (nSPS) is 14.4. The van der Waals surface area contributed by atoms with E-state index in [1.54, 1.807) is 7.11 Å². The van der Waals surface area contributed by atoms with Crippen LogP contribution in [0.3, 0.4) is 0 Å². The predicted octanol–water partition coefficient (Wildman–Crippen LogP) is 3.29. The minimum Gasteiger partial charge on any atom is -0.496 e. The molecule has 3 aromatic heterocycles. The lowest BCUT2D eigenvalue weighted by Crippen LogP contribution is -2.46. The van der Waals surface area contributed by atoms with E-state index in [4.69, 9.17) is 14.4 Å². The molecule has 1 fully saturated rings. The van der Waals surface area contributed by atoms with Gasteiger partial charge in [-0.3, -0.25) is 4.90 Å². The number of anilines is 1. The highest BCUT2D eigenvalue weighted by Gasteiger charge is 2.20. The fraction of sp³-hybridized carbons (Fsp3) is 0.296. The number of benzene rings is 2. The summed E-state index contributed by atoms with van der Waals surface area (Å²) in [7, 11) is 1.63. The fourth-order valence-corrected chi connectivity index (χ4v) is 4.64. The number of hydrogen-bond donors (Lipinski definition) is 0. The Kier molecular flexibility index (Phi) is 6.47. The van der Waals surface area contributed by atoms with E-state index in [1.807, 2.05) is 40.9 Å². The maximum Gasteiger partial charge on any atom is 0.227 e. The van der Waals surface area contributed by atoms with Gasteiger partial charge >= 0.3 is 0 Å². The van der Waals surface area contributed by atoms with Crippen LogP contribution in [-0.2, 0) is 19.4 Å². The summed E-state index contributed by atoms with van der Waals surface area (Å²) in [5.41, 5.74) is 2.87. The molecule has 0 radical (unpaired) electrons. The van der Waals surface area contributed by atoms with Gasteiger partial charge in [0.15, 0.2) is 11.5 Å². The quantitative estimate of drug-likeness (QED) is 0.320. The van der Waals surface area contributed by atoms with Gasteiger partial charge in [-0.15, -0.1) is 15.3 Å². The Hall–Kier alpha value is -4.31. The van der Waals surface area contributed by atoms with E-state index in [0.717, 1.165) is 55.6 Å². The second-order valence-electron chi connectivity index (χ2n) is 9.04. The van der Waals surface area contributed by atoms with E-state index in [0.29, 0.717) is 30.3 Å². The third-order valence-electron chi connectivity index (χ3n) is 6.64. The number of rotatable bonds is 8. The molecule has 0 saturated carbocycles. The molecule has 188 valence electrons. The van der Waals surface area contributed by atoms with Crippen molar-refractivity contribution < 1.29 is 9.26 Å². The molecule has 37 heavy (non-hydrogen) atoms. The zero-order valence-corrected chi connectivity index (χ0v) is 20.7. The van der Waals surface area contributed by atoms with Crippen molar-refractivity contribution >= 4 is 11.5 Å². The monoisotopic (exact) mass is 496 g/mol. The van der Waals surface area contributed by atoms with Gasteiger partial charge in [0.1, 0.15) is 11.6 Å².